The maximum Gasteiger partial charge on any atom is 0.118 e. The summed E-state index contributed by atoms with van der Waals surface area (Å²) in [6.07, 6.45) is 0.482. The molecule has 39 heavy (non-hydrogen) atoms. The van der Waals surface area contributed by atoms with Gasteiger partial charge in [0.25, 0.3) is 0 Å². The summed E-state index contributed by atoms with van der Waals surface area (Å²) < 4.78 is 5.42. The Hall–Kier alpha value is -3.02. The van der Waals surface area contributed by atoms with Crippen LogP contribution in [-0.4, -0.2) is 49.8 Å². The minimum absolute atomic E-state index is 0.193. The quantitative estimate of drug-likeness (QED) is 0.238. The normalized spacial score (nSPS) is 16.5. The number of benzene rings is 4. The van der Waals surface area contributed by atoms with Gasteiger partial charge < -0.3 is 14.7 Å². The Balaban J connectivity index is 1.47. The average Bonchev–Trinajstić information content (AvgIpc) is 2.97. The first kappa shape index (κ1) is 27.5. The Morgan fingerprint density at radius 1 is 0.795 bits per heavy atom. The summed E-state index contributed by atoms with van der Waals surface area (Å²) in [5.41, 5.74) is 3.00. The minimum atomic E-state index is -1.16. The van der Waals surface area contributed by atoms with Crippen LogP contribution in [0.5, 0.6) is 5.75 Å². The number of anilines is 1. The molecule has 0 amide bonds. The van der Waals surface area contributed by atoms with Gasteiger partial charge in [-0.25, -0.2) is 0 Å². The molecule has 0 aromatic heterocycles. The summed E-state index contributed by atoms with van der Waals surface area (Å²) in [7, 11) is 1.66. The van der Waals surface area contributed by atoms with Crippen molar-refractivity contribution in [1.29, 1.82) is 0 Å². The zero-order chi connectivity index (χ0) is 27.2. The lowest BCUT2D eigenvalue weighted by molar-refractivity contribution is -0.00553. The Bertz CT molecular complexity index is 1340. The van der Waals surface area contributed by atoms with Gasteiger partial charge in [-0.1, -0.05) is 83.9 Å². The zero-order valence-electron chi connectivity index (χ0n) is 22.1. The molecule has 202 valence electrons. The van der Waals surface area contributed by atoms with Crippen LogP contribution in [0, 0.1) is 0 Å². The summed E-state index contributed by atoms with van der Waals surface area (Å²) in [4.78, 5) is 4.83. The molecule has 4 aromatic carbocycles. The molecule has 4 aromatic rings. The van der Waals surface area contributed by atoms with Crippen molar-refractivity contribution in [3.05, 3.63) is 130 Å². The summed E-state index contributed by atoms with van der Waals surface area (Å²) >= 11 is 12.5. The Morgan fingerprint density at radius 3 is 2.13 bits per heavy atom. The van der Waals surface area contributed by atoms with Gasteiger partial charge in [0.05, 0.1) is 7.11 Å². The van der Waals surface area contributed by atoms with E-state index < -0.39 is 5.60 Å². The second-order valence-corrected chi connectivity index (χ2v) is 11.1. The average molecular weight is 562 g/mol. The maximum absolute atomic E-state index is 12.7. The predicted molar refractivity (Wildman–Crippen MR) is 161 cm³/mol. The smallest absolute Gasteiger partial charge is 0.118 e. The summed E-state index contributed by atoms with van der Waals surface area (Å²) in [6, 6.07) is 34.0. The molecule has 1 fully saturated rings. The summed E-state index contributed by atoms with van der Waals surface area (Å²) in [6.45, 7) is 4.28. The third-order valence-corrected chi connectivity index (χ3v) is 8.23. The number of methoxy groups -OCH3 is 1. The van der Waals surface area contributed by atoms with Gasteiger partial charge in [-0.15, -0.1) is 0 Å². The van der Waals surface area contributed by atoms with Gasteiger partial charge in [0.2, 0.25) is 0 Å². The number of halogens is 2. The number of nitrogens with zero attached hydrogens (tertiary/aromatic N) is 2. The van der Waals surface area contributed by atoms with Gasteiger partial charge >= 0.3 is 0 Å². The lowest BCUT2D eigenvalue weighted by Gasteiger charge is -2.43. The monoisotopic (exact) mass is 560 g/mol. The van der Waals surface area contributed by atoms with Gasteiger partial charge in [0.15, 0.2) is 0 Å². The SMILES string of the molecule is COc1ccc(C(O)(Cc2ccccc2)C(CN2CCN(c3cccc(Cl)c3)CC2)c2ccc(Cl)cc2)cc1. The molecule has 1 aliphatic heterocycles. The van der Waals surface area contributed by atoms with Gasteiger partial charge in [0.1, 0.15) is 11.4 Å². The molecule has 6 heteroatoms. The summed E-state index contributed by atoms with van der Waals surface area (Å²) in [5.74, 6) is 0.571. The highest BCUT2D eigenvalue weighted by Gasteiger charge is 2.41. The van der Waals surface area contributed by atoms with Crippen LogP contribution in [0.1, 0.15) is 22.6 Å². The van der Waals surface area contributed by atoms with Crippen LogP contribution in [0.4, 0.5) is 5.69 Å². The third kappa shape index (κ3) is 6.59. The minimum Gasteiger partial charge on any atom is -0.497 e. The number of aliphatic hydroxyl groups is 1. The highest BCUT2D eigenvalue weighted by molar-refractivity contribution is 6.31. The molecule has 1 saturated heterocycles. The fraction of sp³-hybridized carbons (Fsp3) is 0.273. The molecule has 0 spiro atoms. The van der Waals surface area contributed by atoms with Gasteiger partial charge in [-0.2, -0.15) is 0 Å². The van der Waals surface area contributed by atoms with Crippen LogP contribution < -0.4 is 9.64 Å². The van der Waals surface area contributed by atoms with E-state index in [4.69, 9.17) is 27.9 Å². The molecule has 0 saturated carbocycles. The van der Waals surface area contributed by atoms with E-state index in [-0.39, 0.29) is 5.92 Å². The molecule has 5 rings (SSSR count). The third-order valence-electron chi connectivity index (χ3n) is 7.74. The summed E-state index contributed by atoms with van der Waals surface area (Å²) in [5, 5.41) is 14.2. The molecule has 0 bridgehead atoms. The molecule has 0 aliphatic carbocycles. The van der Waals surface area contributed by atoms with Crippen LogP contribution >= 0.6 is 23.2 Å². The van der Waals surface area contributed by atoms with Crippen LogP contribution in [0.2, 0.25) is 10.0 Å². The lowest BCUT2D eigenvalue weighted by Crippen LogP contribution is -2.50. The fourth-order valence-electron chi connectivity index (χ4n) is 5.56. The molecular formula is C33H34Cl2N2O2. The van der Waals surface area contributed by atoms with E-state index in [2.05, 4.69) is 40.1 Å². The highest BCUT2D eigenvalue weighted by Crippen LogP contribution is 2.41. The maximum atomic E-state index is 12.7. The number of hydrogen-bond acceptors (Lipinski definition) is 4. The molecule has 1 N–H and O–H groups in total. The van der Waals surface area contributed by atoms with Crippen LogP contribution in [0.15, 0.2) is 103 Å². The molecule has 2 atom stereocenters. The van der Waals surface area contributed by atoms with Crippen molar-refractivity contribution in [2.24, 2.45) is 0 Å². The number of hydrogen-bond donors (Lipinski definition) is 1. The first-order chi connectivity index (χ1) is 18.9. The molecular weight excluding hydrogens is 527 g/mol. The van der Waals surface area contributed by atoms with E-state index in [9.17, 15) is 5.11 Å². The van der Waals surface area contributed by atoms with Crippen molar-refractivity contribution in [3.8, 4) is 5.75 Å². The Labute approximate surface area is 241 Å². The second kappa shape index (κ2) is 12.4. The van der Waals surface area contributed by atoms with Crippen LogP contribution in [0.25, 0.3) is 0 Å². The van der Waals surface area contributed by atoms with Crippen molar-refractivity contribution in [2.75, 3.05) is 44.7 Å². The van der Waals surface area contributed by atoms with E-state index in [0.717, 1.165) is 59.3 Å². The van der Waals surface area contributed by atoms with Crippen molar-refractivity contribution in [2.45, 2.75) is 17.9 Å². The molecule has 0 radical (unpaired) electrons. The van der Waals surface area contributed by atoms with E-state index in [1.54, 1.807) is 7.11 Å². The largest absolute Gasteiger partial charge is 0.497 e. The standard InChI is InChI=1S/C33H34Cl2N2O2/c1-39-31-16-12-27(13-17-31)33(38,23-25-6-3-2-4-7-25)32(26-10-14-28(34)15-11-26)24-36-18-20-37(21-19-36)30-9-5-8-29(35)22-30/h2-17,22,32,38H,18-21,23-24H2,1H3. The van der Waals surface area contributed by atoms with E-state index in [0.29, 0.717) is 18.0 Å². The number of piperazine rings is 1. The fourth-order valence-corrected chi connectivity index (χ4v) is 5.87. The van der Waals surface area contributed by atoms with Gasteiger partial charge in [-0.05, 0) is 59.2 Å². The van der Waals surface area contributed by atoms with E-state index in [1.807, 2.05) is 72.8 Å². The number of rotatable bonds is 9. The zero-order valence-corrected chi connectivity index (χ0v) is 23.7. The van der Waals surface area contributed by atoms with Crippen molar-refractivity contribution >= 4 is 28.9 Å². The first-order valence-corrected chi connectivity index (χ1v) is 14.1. The Kier molecular flexibility index (Phi) is 8.79. The second-order valence-electron chi connectivity index (χ2n) is 10.2. The Morgan fingerprint density at radius 2 is 1.49 bits per heavy atom. The van der Waals surface area contributed by atoms with Crippen LogP contribution in [-0.2, 0) is 12.0 Å². The molecule has 4 nitrogen and oxygen atoms in total. The van der Waals surface area contributed by atoms with Crippen molar-refractivity contribution < 1.29 is 9.84 Å². The lowest BCUT2D eigenvalue weighted by atomic mass is 9.73. The van der Waals surface area contributed by atoms with E-state index in [1.165, 1.54) is 0 Å². The van der Waals surface area contributed by atoms with Crippen molar-refractivity contribution in [1.82, 2.24) is 4.90 Å². The van der Waals surface area contributed by atoms with E-state index >= 15 is 0 Å². The molecule has 2 unspecified atom stereocenters. The van der Waals surface area contributed by atoms with Crippen molar-refractivity contribution in [3.63, 3.8) is 0 Å². The molecule has 1 heterocycles. The van der Waals surface area contributed by atoms with Gasteiger partial charge in [-0.3, -0.25) is 4.90 Å². The van der Waals surface area contributed by atoms with Gasteiger partial charge in [0, 0.05) is 60.8 Å². The predicted octanol–water partition coefficient (Wildman–Crippen LogP) is 7.04. The molecule has 1 aliphatic rings. The number of ether oxygens (including phenoxy) is 1. The topological polar surface area (TPSA) is 35.9 Å². The van der Waals surface area contributed by atoms with Crippen LogP contribution in [0.3, 0.4) is 0 Å². The first-order valence-electron chi connectivity index (χ1n) is 13.3. The highest BCUT2D eigenvalue weighted by atomic mass is 35.5.